The Morgan fingerprint density at radius 1 is 1.30 bits per heavy atom. The molecule has 2 aromatic rings. The van der Waals surface area contributed by atoms with Crippen LogP contribution in [0.2, 0.25) is 0 Å². The standard InChI is InChI=1S/C14H15F2N3O/c1-20-10-5-9(7-18-8-10)14(19-17)6-11-12(15)3-2-4-13(11)16/h2-5,7-8,14,19H,6,17H2,1H3. The van der Waals surface area contributed by atoms with Crippen LogP contribution in [0.1, 0.15) is 17.2 Å². The van der Waals surface area contributed by atoms with Gasteiger partial charge in [0.2, 0.25) is 0 Å². The van der Waals surface area contributed by atoms with Crippen LogP contribution in [0, 0.1) is 11.6 Å². The van der Waals surface area contributed by atoms with Gasteiger partial charge in [0.25, 0.3) is 0 Å². The molecule has 1 unspecified atom stereocenters. The monoisotopic (exact) mass is 279 g/mol. The second-order valence-corrected chi connectivity index (χ2v) is 4.28. The van der Waals surface area contributed by atoms with E-state index >= 15 is 0 Å². The Hall–Kier alpha value is -2.05. The van der Waals surface area contributed by atoms with Crippen LogP contribution in [0.5, 0.6) is 5.75 Å². The van der Waals surface area contributed by atoms with Gasteiger partial charge in [-0.15, -0.1) is 0 Å². The summed E-state index contributed by atoms with van der Waals surface area (Å²) in [6.07, 6.45) is 3.19. The first-order valence-electron chi connectivity index (χ1n) is 6.03. The van der Waals surface area contributed by atoms with Crippen molar-refractivity contribution in [2.45, 2.75) is 12.5 Å². The minimum absolute atomic E-state index is 0.0155. The minimum atomic E-state index is -0.596. The highest BCUT2D eigenvalue weighted by molar-refractivity contribution is 5.29. The number of methoxy groups -OCH3 is 1. The fourth-order valence-electron chi connectivity index (χ4n) is 1.94. The van der Waals surface area contributed by atoms with Crippen LogP contribution >= 0.6 is 0 Å². The highest BCUT2D eigenvalue weighted by atomic mass is 19.1. The number of hydrazine groups is 1. The van der Waals surface area contributed by atoms with E-state index in [-0.39, 0.29) is 12.0 Å². The van der Waals surface area contributed by atoms with Crippen LogP contribution < -0.4 is 16.0 Å². The Morgan fingerprint density at radius 2 is 2.00 bits per heavy atom. The number of nitrogens with two attached hydrogens (primary N) is 1. The van der Waals surface area contributed by atoms with Gasteiger partial charge in [-0.25, -0.2) is 8.78 Å². The van der Waals surface area contributed by atoms with Crippen LogP contribution in [-0.2, 0) is 6.42 Å². The lowest BCUT2D eigenvalue weighted by Gasteiger charge is -2.17. The molecule has 0 bridgehead atoms. The van der Waals surface area contributed by atoms with E-state index in [1.54, 1.807) is 18.5 Å². The molecule has 1 aromatic carbocycles. The zero-order valence-corrected chi connectivity index (χ0v) is 10.9. The molecule has 0 fully saturated rings. The molecule has 0 saturated heterocycles. The number of nitrogens with one attached hydrogen (secondary N) is 1. The molecule has 20 heavy (non-hydrogen) atoms. The van der Waals surface area contributed by atoms with E-state index in [4.69, 9.17) is 10.6 Å². The van der Waals surface area contributed by atoms with Crippen molar-refractivity contribution >= 4 is 0 Å². The zero-order valence-electron chi connectivity index (χ0n) is 10.9. The van der Waals surface area contributed by atoms with Crippen molar-refractivity contribution in [1.82, 2.24) is 10.4 Å². The number of rotatable bonds is 5. The largest absolute Gasteiger partial charge is 0.495 e. The summed E-state index contributed by atoms with van der Waals surface area (Å²) in [7, 11) is 1.52. The number of hydrogen-bond acceptors (Lipinski definition) is 4. The molecule has 0 saturated carbocycles. The van der Waals surface area contributed by atoms with Crippen molar-refractivity contribution < 1.29 is 13.5 Å². The third-order valence-corrected chi connectivity index (χ3v) is 3.04. The topological polar surface area (TPSA) is 60.2 Å². The fraction of sp³-hybridized carbons (Fsp3) is 0.214. The van der Waals surface area contributed by atoms with Crippen LogP contribution in [-0.4, -0.2) is 12.1 Å². The van der Waals surface area contributed by atoms with E-state index < -0.39 is 17.7 Å². The molecule has 0 spiro atoms. The van der Waals surface area contributed by atoms with Gasteiger partial charge in [0.1, 0.15) is 17.4 Å². The van der Waals surface area contributed by atoms with Gasteiger partial charge < -0.3 is 4.74 Å². The number of ether oxygens (including phenoxy) is 1. The lowest BCUT2D eigenvalue weighted by molar-refractivity contribution is 0.410. The summed E-state index contributed by atoms with van der Waals surface area (Å²) >= 11 is 0. The zero-order chi connectivity index (χ0) is 14.5. The lowest BCUT2D eigenvalue weighted by atomic mass is 10.00. The van der Waals surface area contributed by atoms with E-state index in [9.17, 15) is 8.78 Å². The fourth-order valence-corrected chi connectivity index (χ4v) is 1.94. The van der Waals surface area contributed by atoms with Gasteiger partial charge in [0.15, 0.2) is 0 Å². The van der Waals surface area contributed by atoms with Crippen LogP contribution in [0.3, 0.4) is 0 Å². The minimum Gasteiger partial charge on any atom is -0.495 e. The molecule has 0 aliphatic carbocycles. The summed E-state index contributed by atoms with van der Waals surface area (Å²) in [5.41, 5.74) is 3.22. The normalized spacial score (nSPS) is 12.2. The molecule has 1 heterocycles. The molecule has 0 aliphatic rings. The summed E-state index contributed by atoms with van der Waals surface area (Å²) in [4.78, 5) is 4.00. The van der Waals surface area contributed by atoms with Gasteiger partial charge in [-0.3, -0.25) is 16.3 Å². The first kappa shape index (κ1) is 14.4. The Balaban J connectivity index is 2.29. The number of halogens is 2. The van der Waals surface area contributed by atoms with E-state index in [1.165, 1.54) is 25.3 Å². The maximum absolute atomic E-state index is 13.7. The van der Waals surface area contributed by atoms with Gasteiger partial charge in [0.05, 0.1) is 19.3 Å². The highest BCUT2D eigenvalue weighted by Gasteiger charge is 2.17. The van der Waals surface area contributed by atoms with Crippen molar-refractivity contribution in [3.8, 4) is 5.75 Å². The molecule has 2 rings (SSSR count). The second kappa shape index (κ2) is 6.40. The van der Waals surface area contributed by atoms with E-state index in [0.29, 0.717) is 11.3 Å². The molecule has 4 nitrogen and oxygen atoms in total. The first-order chi connectivity index (χ1) is 9.65. The average Bonchev–Trinajstić information content (AvgIpc) is 2.47. The van der Waals surface area contributed by atoms with Crippen LogP contribution in [0.15, 0.2) is 36.7 Å². The van der Waals surface area contributed by atoms with Crippen molar-refractivity contribution in [2.75, 3.05) is 7.11 Å². The molecule has 0 amide bonds. The predicted octanol–water partition coefficient (Wildman–Crippen LogP) is 2.12. The third kappa shape index (κ3) is 3.09. The van der Waals surface area contributed by atoms with Gasteiger partial charge in [-0.05, 0) is 30.2 Å². The maximum Gasteiger partial charge on any atom is 0.137 e. The van der Waals surface area contributed by atoms with E-state index in [2.05, 4.69) is 10.4 Å². The second-order valence-electron chi connectivity index (χ2n) is 4.28. The Morgan fingerprint density at radius 3 is 2.60 bits per heavy atom. The highest BCUT2D eigenvalue weighted by Crippen LogP contribution is 2.23. The summed E-state index contributed by atoms with van der Waals surface area (Å²) in [5.74, 6) is 4.84. The molecule has 6 heteroatoms. The smallest absolute Gasteiger partial charge is 0.137 e. The maximum atomic E-state index is 13.7. The molecule has 3 N–H and O–H groups in total. The Kier molecular flexibility index (Phi) is 4.60. The SMILES string of the molecule is COc1cncc(C(Cc2c(F)cccc2F)NN)c1. The van der Waals surface area contributed by atoms with Gasteiger partial charge in [0, 0.05) is 11.8 Å². The van der Waals surface area contributed by atoms with E-state index in [0.717, 1.165) is 0 Å². The van der Waals surface area contributed by atoms with Crippen molar-refractivity contribution in [3.63, 3.8) is 0 Å². The van der Waals surface area contributed by atoms with Crippen molar-refractivity contribution in [3.05, 3.63) is 59.4 Å². The van der Waals surface area contributed by atoms with Crippen LogP contribution in [0.4, 0.5) is 8.78 Å². The van der Waals surface area contributed by atoms with E-state index in [1.807, 2.05) is 0 Å². The van der Waals surface area contributed by atoms with Crippen molar-refractivity contribution in [2.24, 2.45) is 5.84 Å². The van der Waals surface area contributed by atoms with Crippen LogP contribution in [0.25, 0.3) is 0 Å². The lowest BCUT2D eigenvalue weighted by Crippen LogP contribution is -2.30. The summed E-state index contributed by atoms with van der Waals surface area (Å²) in [5, 5.41) is 0. The molecule has 106 valence electrons. The van der Waals surface area contributed by atoms with Gasteiger partial charge in [-0.1, -0.05) is 6.07 Å². The number of aromatic nitrogens is 1. The predicted molar refractivity (Wildman–Crippen MR) is 70.9 cm³/mol. The number of pyridine rings is 1. The summed E-state index contributed by atoms with van der Waals surface area (Å²) in [6.45, 7) is 0. The molecule has 1 aromatic heterocycles. The Bertz CT molecular complexity index is 572. The number of nitrogens with zero attached hydrogens (tertiary/aromatic N) is 1. The third-order valence-electron chi connectivity index (χ3n) is 3.04. The molecular weight excluding hydrogens is 264 g/mol. The number of hydrogen-bond donors (Lipinski definition) is 2. The molecule has 0 radical (unpaired) electrons. The number of benzene rings is 1. The molecule has 1 atom stereocenters. The first-order valence-corrected chi connectivity index (χ1v) is 6.03. The van der Waals surface area contributed by atoms with Crippen molar-refractivity contribution in [1.29, 1.82) is 0 Å². The molecular formula is C14H15F2N3O. The van der Waals surface area contributed by atoms with Gasteiger partial charge >= 0.3 is 0 Å². The average molecular weight is 279 g/mol. The van der Waals surface area contributed by atoms with Gasteiger partial charge in [-0.2, -0.15) is 0 Å². The summed E-state index contributed by atoms with van der Waals surface area (Å²) < 4.78 is 32.4. The Labute approximate surface area is 115 Å². The summed E-state index contributed by atoms with van der Waals surface area (Å²) in [6, 6.07) is 5.01. The molecule has 0 aliphatic heterocycles. The quantitative estimate of drug-likeness (QED) is 0.650.